The van der Waals surface area contributed by atoms with Crippen molar-refractivity contribution in [2.75, 3.05) is 65.1 Å². The van der Waals surface area contributed by atoms with Gasteiger partial charge in [0.15, 0.2) is 5.96 Å². The lowest BCUT2D eigenvalue weighted by Crippen LogP contribution is -2.42. The molecular formula is C19H34N4O2. The number of aliphatic imine (C=N–C) groups is 1. The quantitative estimate of drug-likeness (QED) is 0.324. The number of likely N-dealkylation sites (N-methyl/N-ethyl adjacent to an activating group) is 1. The van der Waals surface area contributed by atoms with Gasteiger partial charge in [-0.2, -0.15) is 0 Å². The van der Waals surface area contributed by atoms with Crippen molar-refractivity contribution in [3.05, 3.63) is 30.3 Å². The summed E-state index contributed by atoms with van der Waals surface area (Å²) in [7, 11) is 3.86. The van der Waals surface area contributed by atoms with E-state index in [2.05, 4.69) is 58.8 Å². The molecule has 25 heavy (non-hydrogen) atoms. The topological polar surface area (TPSA) is 58.1 Å². The van der Waals surface area contributed by atoms with E-state index in [0.717, 1.165) is 45.0 Å². The normalized spacial score (nSPS) is 11.4. The molecule has 0 saturated carbocycles. The monoisotopic (exact) mass is 350 g/mol. The van der Waals surface area contributed by atoms with Crippen LogP contribution in [-0.2, 0) is 9.47 Å². The van der Waals surface area contributed by atoms with Crippen LogP contribution in [0.3, 0.4) is 0 Å². The Kier molecular flexibility index (Phi) is 12.4. The molecule has 1 aromatic carbocycles. The molecule has 0 unspecified atom stereocenters. The molecule has 6 heteroatoms. The number of para-hydroxylation sites is 1. The van der Waals surface area contributed by atoms with Crippen LogP contribution in [0.1, 0.15) is 19.8 Å². The summed E-state index contributed by atoms with van der Waals surface area (Å²) in [5.74, 6) is 0.796. The Hall–Kier alpha value is -1.79. The molecule has 0 bridgehead atoms. The van der Waals surface area contributed by atoms with Crippen LogP contribution < -0.4 is 15.5 Å². The highest BCUT2D eigenvalue weighted by Gasteiger charge is 2.01. The van der Waals surface area contributed by atoms with Gasteiger partial charge < -0.3 is 25.0 Å². The summed E-state index contributed by atoms with van der Waals surface area (Å²) in [5, 5.41) is 6.56. The highest BCUT2D eigenvalue weighted by Crippen LogP contribution is 2.09. The average molecular weight is 351 g/mol. The molecule has 0 aliphatic rings. The minimum absolute atomic E-state index is 0.638. The van der Waals surface area contributed by atoms with Crippen molar-refractivity contribution in [3.8, 4) is 0 Å². The number of anilines is 1. The van der Waals surface area contributed by atoms with Gasteiger partial charge in [0.2, 0.25) is 0 Å². The number of nitrogens with zero attached hydrogens (tertiary/aromatic N) is 2. The van der Waals surface area contributed by atoms with Crippen molar-refractivity contribution in [2.24, 2.45) is 4.99 Å². The summed E-state index contributed by atoms with van der Waals surface area (Å²) < 4.78 is 11.0. The van der Waals surface area contributed by atoms with E-state index < -0.39 is 0 Å². The van der Waals surface area contributed by atoms with Crippen molar-refractivity contribution < 1.29 is 9.47 Å². The molecule has 0 aliphatic carbocycles. The molecule has 0 heterocycles. The third-order valence-corrected chi connectivity index (χ3v) is 3.71. The Morgan fingerprint density at radius 2 is 1.68 bits per heavy atom. The van der Waals surface area contributed by atoms with Gasteiger partial charge >= 0.3 is 0 Å². The Labute approximate surface area is 152 Å². The van der Waals surface area contributed by atoms with Crippen LogP contribution >= 0.6 is 0 Å². The maximum absolute atomic E-state index is 5.53. The van der Waals surface area contributed by atoms with Crippen LogP contribution in [0.25, 0.3) is 0 Å². The summed E-state index contributed by atoms with van der Waals surface area (Å²) in [5.41, 5.74) is 1.21. The molecular weight excluding hydrogens is 316 g/mol. The van der Waals surface area contributed by atoms with Gasteiger partial charge in [0, 0.05) is 46.0 Å². The fourth-order valence-corrected chi connectivity index (χ4v) is 2.18. The van der Waals surface area contributed by atoms with Crippen molar-refractivity contribution in [2.45, 2.75) is 19.8 Å². The lowest BCUT2D eigenvalue weighted by atomic mass is 10.3. The number of ether oxygens (including phenoxy) is 2. The van der Waals surface area contributed by atoms with Crippen molar-refractivity contribution in [1.29, 1.82) is 0 Å². The van der Waals surface area contributed by atoms with E-state index in [1.54, 1.807) is 7.05 Å². The van der Waals surface area contributed by atoms with Crippen molar-refractivity contribution in [1.82, 2.24) is 10.6 Å². The van der Waals surface area contributed by atoms with Gasteiger partial charge in [-0.3, -0.25) is 4.99 Å². The number of hydrogen-bond acceptors (Lipinski definition) is 4. The minimum atomic E-state index is 0.638. The van der Waals surface area contributed by atoms with Gasteiger partial charge in [-0.25, -0.2) is 0 Å². The van der Waals surface area contributed by atoms with Crippen LogP contribution in [-0.4, -0.2) is 66.1 Å². The summed E-state index contributed by atoms with van der Waals surface area (Å²) in [6, 6.07) is 10.3. The van der Waals surface area contributed by atoms with E-state index in [1.165, 1.54) is 5.69 Å². The standard InChI is InChI=1S/C19H34N4O2/c1-4-5-14-24-16-17-25-15-12-22-19(20-2)21-11-13-23(3)18-9-7-6-8-10-18/h6-10H,4-5,11-17H2,1-3H3,(H2,20,21,22). The predicted molar refractivity (Wildman–Crippen MR) is 106 cm³/mol. The maximum Gasteiger partial charge on any atom is 0.191 e. The number of unbranched alkanes of at least 4 members (excludes halogenated alkanes) is 1. The lowest BCUT2D eigenvalue weighted by molar-refractivity contribution is 0.0487. The summed E-state index contributed by atoms with van der Waals surface area (Å²) in [6.07, 6.45) is 2.28. The maximum atomic E-state index is 5.53. The Balaban J connectivity index is 2.03. The first-order valence-electron chi connectivity index (χ1n) is 9.14. The number of guanidine groups is 1. The largest absolute Gasteiger partial charge is 0.379 e. The molecule has 0 spiro atoms. The first-order chi connectivity index (χ1) is 12.3. The van der Waals surface area contributed by atoms with Crippen LogP contribution in [0.2, 0.25) is 0 Å². The van der Waals surface area contributed by atoms with Crippen LogP contribution in [0, 0.1) is 0 Å². The number of benzene rings is 1. The number of nitrogens with one attached hydrogen (secondary N) is 2. The van der Waals surface area contributed by atoms with Crippen LogP contribution in [0.5, 0.6) is 0 Å². The highest BCUT2D eigenvalue weighted by molar-refractivity contribution is 5.79. The SMILES string of the molecule is CCCCOCCOCCNC(=NC)NCCN(C)c1ccccc1. The second-order valence-electron chi connectivity index (χ2n) is 5.76. The average Bonchev–Trinajstić information content (AvgIpc) is 2.65. The van der Waals surface area contributed by atoms with E-state index in [0.29, 0.717) is 19.8 Å². The fourth-order valence-electron chi connectivity index (χ4n) is 2.18. The fraction of sp³-hybridized carbons (Fsp3) is 0.632. The summed E-state index contributed by atoms with van der Waals surface area (Å²) in [4.78, 5) is 6.43. The van der Waals surface area contributed by atoms with Gasteiger partial charge in [-0.15, -0.1) is 0 Å². The van der Waals surface area contributed by atoms with E-state index in [-0.39, 0.29) is 0 Å². The summed E-state index contributed by atoms with van der Waals surface area (Å²) in [6.45, 7) is 7.37. The third kappa shape index (κ3) is 10.6. The van der Waals surface area contributed by atoms with Gasteiger partial charge in [0.1, 0.15) is 0 Å². The molecule has 0 atom stereocenters. The molecule has 142 valence electrons. The second-order valence-corrected chi connectivity index (χ2v) is 5.76. The molecule has 1 aromatic rings. The van der Waals surface area contributed by atoms with Gasteiger partial charge in [0.05, 0.1) is 19.8 Å². The Bertz CT molecular complexity index is 454. The smallest absolute Gasteiger partial charge is 0.191 e. The Morgan fingerprint density at radius 3 is 2.36 bits per heavy atom. The first kappa shape index (κ1) is 21.3. The van der Waals surface area contributed by atoms with Gasteiger partial charge in [-0.1, -0.05) is 31.5 Å². The van der Waals surface area contributed by atoms with Crippen LogP contribution in [0.15, 0.2) is 35.3 Å². The molecule has 0 aromatic heterocycles. The zero-order valence-electron chi connectivity index (χ0n) is 16.0. The van der Waals surface area contributed by atoms with Gasteiger partial charge in [0.25, 0.3) is 0 Å². The molecule has 1 rings (SSSR count). The number of hydrogen-bond donors (Lipinski definition) is 2. The molecule has 0 amide bonds. The molecule has 0 fully saturated rings. The predicted octanol–water partition coefficient (Wildman–Crippen LogP) is 2.12. The molecule has 0 radical (unpaired) electrons. The molecule has 6 nitrogen and oxygen atoms in total. The zero-order valence-corrected chi connectivity index (χ0v) is 16.0. The molecule has 2 N–H and O–H groups in total. The Morgan fingerprint density at radius 1 is 1.00 bits per heavy atom. The third-order valence-electron chi connectivity index (χ3n) is 3.71. The second kappa shape index (κ2) is 14.5. The minimum Gasteiger partial charge on any atom is -0.379 e. The van der Waals surface area contributed by atoms with E-state index in [4.69, 9.17) is 9.47 Å². The molecule has 0 aliphatic heterocycles. The first-order valence-corrected chi connectivity index (χ1v) is 9.14. The van der Waals surface area contributed by atoms with E-state index >= 15 is 0 Å². The summed E-state index contributed by atoms with van der Waals surface area (Å²) >= 11 is 0. The number of rotatable bonds is 13. The van der Waals surface area contributed by atoms with Crippen molar-refractivity contribution >= 4 is 11.6 Å². The zero-order chi connectivity index (χ0) is 18.2. The molecule has 0 saturated heterocycles. The van der Waals surface area contributed by atoms with E-state index in [1.807, 2.05) is 6.07 Å². The van der Waals surface area contributed by atoms with Crippen LogP contribution in [0.4, 0.5) is 5.69 Å². The lowest BCUT2D eigenvalue weighted by Gasteiger charge is -2.20. The van der Waals surface area contributed by atoms with Gasteiger partial charge in [-0.05, 0) is 18.6 Å². The highest BCUT2D eigenvalue weighted by atomic mass is 16.5. The van der Waals surface area contributed by atoms with E-state index in [9.17, 15) is 0 Å². The van der Waals surface area contributed by atoms with Crippen molar-refractivity contribution in [3.63, 3.8) is 0 Å².